The summed E-state index contributed by atoms with van der Waals surface area (Å²) in [5.74, 6) is 0.821. The van der Waals surface area contributed by atoms with Gasteiger partial charge in [-0.25, -0.2) is 13.4 Å². The molecule has 0 aliphatic carbocycles. The molecule has 0 radical (unpaired) electrons. The van der Waals surface area contributed by atoms with Gasteiger partial charge in [0.2, 0.25) is 10.0 Å². The van der Waals surface area contributed by atoms with Crippen molar-refractivity contribution in [2.45, 2.75) is 37.1 Å². The van der Waals surface area contributed by atoms with Crippen LogP contribution in [0.2, 0.25) is 0 Å². The third-order valence-electron chi connectivity index (χ3n) is 5.88. The molecule has 2 aliphatic rings. The molecule has 2 aliphatic heterocycles. The molecule has 2 aromatic heterocycles. The van der Waals surface area contributed by atoms with Crippen LogP contribution in [0.15, 0.2) is 47.5 Å². The zero-order chi connectivity index (χ0) is 19.1. The van der Waals surface area contributed by atoms with Crippen molar-refractivity contribution in [3.05, 3.63) is 53.9 Å². The minimum atomic E-state index is -3.43. The second-order valence-corrected chi connectivity index (χ2v) is 9.55. The summed E-state index contributed by atoms with van der Waals surface area (Å²) in [6.45, 7) is 2.86. The summed E-state index contributed by atoms with van der Waals surface area (Å²) in [5, 5.41) is 1.30. The number of hydrogen-bond donors (Lipinski definition) is 1. The van der Waals surface area contributed by atoms with Crippen molar-refractivity contribution in [2.75, 3.05) is 24.5 Å². The van der Waals surface area contributed by atoms with Crippen LogP contribution in [0.1, 0.15) is 30.5 Å². The molecule has 4 heterocycles. The number of rotatable bonds is 3. The molecule has 7 heteroatoms. The van der Waals surface area contributed by atoms with E-state index in [0.717, 1.165) is 44.6 Å². The highest BCUT2D eigenvalue weighted by atomic mass is 32.2. The number of benzene rings is 1. The highest BCUT2D eigenvalue weighted by Gasteiger charge is 2.27. The van der Waals surface area contributed by atoms with Crippen LogP contribution in [0.3, 0.4) is 0 Å². The Labute approximate surface area is 165 Å². The summed E-state index contributed by atoms with van der Waals surface area (Å²) in [6.07, 6.45) is 5.44. The Morgan fingerprint density at radius 1 is 0.964 bits per heavy atom. The van der Waals surface area contributed by atoms with Crippen LogP contribution < -0.4 is 4.90 Å². The van der Waals surface area contributed by atoms with Gasteiger partial charge in [0.15, 0.2) is 0 Å². The zero-order valence-corrected chi connectivity index (χ0v) is 16.6. The van der Waals surface area contributed by atoms with Crippen LogP contribution in [0.5, 0.6) is 0 Å². The molecule has 146 valence electrons. The first-order chi connectivity index (χ1) is 13.6. The summed E-state index contributed by atoms with van der Waals surface area (Å²) < 4.78 is 27.2. The molecular formula is C21H24N4O2S. The smallest absolute Gasteiger partial charge is 0.244 e. The van der Waals surface area contributed by atoms with Crippen molar-refractivity contribution in [3.63, 3.8) is 0 Å². The number of hydrogen-bond acceptors (Lipinski definition) is 4. The molecule has 1 N–H and O–H groups in total. The molecule has 0 spiro atoms. The molecule has 0 bridgehead atoms. The maximum atomic E-state index is 12.8. The second kappa shape index (κ2) is 6.90. The van der Waals surface area contributed by atoms with E-state index in [4.69, 9.17) is 0 Å². The summed E-state index contributed by atoms with van der Waals surface area (Å²) in [7, 11) is -3.43. The number of sulfonamides is 1. The lowest BCUT2D eigenvalue weighted by Crippen LogP contribution is -2.35. The predicted molar refractivity (Wildman–Crippen MR) is 110 cm³/mol. The van der Waals surface area contributed by atoms with Gasteiger partial charge in [0.25, 0.3) is 0 Å². The third kappa shape index (κ3) is 2.99. The predicted octanol–water partition coefficient (Wildman–Crippen LogP) is 3.30. The van der Waals surface area contributed by atoms with E-state index in [1.54, 1.807) is 10.4 Å². The molecule has 1 fully saturated rings. The number of aromatic amines is 1. The topological polar surface area (TPSA) is 69.3 Å². The van der Waals surface area contributed by atoms with Crippen molar-refractivity contribution in [1.82, 2.24) is 14.3 Å². The molecule has 0 saturated carbocycles. The Bertz CT molecular complexity index is 1100. The van der Waals surface area contributed by atoms with Crippen molar-refractivity contribution < 1.29 is 8.42 Å². The van der Waals surface area contributed by atoms with Gasteiger partial charge in [0.1, 0.15) is 10.7 Å². The summed E-state index contributed by atoms with van der Waals surface area (Å²) in [6, 6.07) is 11.9. The minimum Gasteiger partial charge on any atom is -0.357 e. The Morgan fingerprint density at radius 2 is 1.79 bits per heavy atom. The van der Waals surface area contributed by atoms with Crippen LogP contribution in [0.4, 0.5) is 5.82 Å². The van der Waals surface area contributed by atoms with Crippen LogP contribution in [0, 0.1) is 0 Å². The highest BCUT2D eigenvalue weighted by molar-refractivity contribution is 7.89. The van der Waals surface area contributed by atoms with Gasteiger partial charge in [0.05, 0.1) is 6.54 Å². The molecule has 3 aromatic rings. The average molecular weight is 397 g/mol. The van der Waals surface area contributed by atoms with Gasteiger partial charge in [-0.15, -0.1) is 0 Å². The molecule has 28 heavy (non-hydrogen) atoms. The van der Waals surface area contributed by atoms with E-state index >= 15 is 0 Å². The Balaban J connectivity index is 1.38. The molecule has 0 amide bonds. The first kappa shape index (κ1) is 17.7. The number of nitrogens with zero attached hydrogens (tertiary/aromatic N) is 3. The third-order valence-corrected chi connectivity index (χ3v) is 7.76. The highest BCUT2D eigenvalue weighted by Crippen LogP contribution is 2.30. The number of anilines is 1. The fourth-order valence-corrected chi connectivity index (χ4v) is 5.82. The lowest BCUT2D eigenvalue weighted by atomic mass is 10.0. The van der Waals surface area contributed by atoms with Crippen molar-refractivity contribution in [1.29, 1.82) is 0 Å². The number of para-hydroxylation sites is 1. The van der Waals surface area contributed by atoms with E-state index in [1.807, 2.05) is 12.1 Å². The SMILES string of the molecule is O=S(=O)(c1ccc(N2CCc3c([nH]c4ccccc34)C2)nc1)N1CCCCC1. The Morgan fingerprint density at radius 3 is 2.57 bits per heavy atom. The van der Waals surface area contributed by atoms with Crippen LogP contribution >= 0.6 is 0 Å². The fourth-order valence-electron chi connectivity index (χ4n) is 4.36. The fraction of sp³-hybridized carbons (Fsp3) is 0.381. The van der Waals surface area contributed by atoms with Gasteiger partial charge in [-0.05, 0) is 43.0 Å². The van der Waals surface area contributed by atoms with E-state index in [2.05, 4.69) is 33.1 Å². The van der Waals surface area contributed by atoms with Crippen LogP contribution in [0.25, 0.3) is 10.9 Å². The lowest BCUT2D eigenvalue weighted by Gasteiger charge is -2.29. The monoisotopic (exact) mass is 396 g/mol. The number of pyridine rings is 1. The normalized spacial score (nSPS) is 18.4. The Kier molecular flexibility index (Phi) is 4.36. The zero-order valence-electron chi connectivity index (χ0n) is 15.8. The standard InChI is InChI=1S/C21H24N4O2S/c26-28(27,25-11-4-1-5-12-25)16-8-9-21(22-14-16)24-13-10-18-17-6-2-3-7-19(17)23-20(18)15-24/h2-3,6-9,14,23H,1,4-5,10-13,15H2. The maximum absolute atomic E-state index is 12.8. The number of fused-ring (bicyclic) bond motifs is 3. The molecule has 6 nitrogen and oxygen atoms in total. The quantitative estimate of drug-likeness (QED) is 0.738. The summed E-state index contributed by atoms with van der Waals surface area (Å²) in [4.78, 5) is 10.5. The molecule has 5 rings (SSSR count). The van der Waals surface area contributed by atoms with Gasteiger partial charge in [-0.2, -0.15) is 4.31 Å². The van der Waals surface area contributed by atoms with Gasteiger partial charge >= 0.3 is 0 Å². The first-order valence-electron chi connectivity index (χ1n) is 9.92. The number of aromatic nitrogens is 2. The van der Waals surface area contributed by atoms with Crippen LogP contribution in [-0.2, 0) is 23.0 Å². The van der Waals surface area contributed by atoms with E-state index < -0.39 is 10.0 Å². The van der Waals surface area contributed by atoms with Crippen LogP contribution in [-0.4, -0.2) is 42.3 Å². The first-order valence-corrected chi connectivity index (χ1v) is 11.4. The molecule has 1 saturated heterocycles. The molecular weight excluding hydrogens is 372 g/mol. The maximum Gasteiger partial charge on any atom is 0.244 e. The van der Waals surface area contributed by atoms with E-state index in [1.165, 1.54) is 28.4 Å². The van der Waals surface area contributed by atoms with Gasteiger partial charge in [-0.3, -0.25) is 0 Å². The number of nitrogens with one attached hydrogen (secondary N) is 1. The molecule has 1 aromatic carbocycles. The van der Waals surface area contributed by atoms with Gasteiger partial charge < -0.3 is 9.88 Å². The van der Waals surface area contributed by atoms with Crippen molar-refractivity contribution >= 4 is 26.7 Å². The van der Waals surface area contributed by atoms with Gasteiger partial charge in [0, 0.05) is 42.4 Å². The average Bonchev–Trinajstić information content (AvgIpc) is 3.12. The van der Waals surface area contributed by atoms with Crippen molar-refractivity contribution in [2.24, 2.45) is 0 Å². The molecule has 0 atom stereocenters. The molecule has 0 unspecified atom stereocenters. The Hall–Kier alpha value is -2.38. The number of H-pyrrole nitrogens is 1. The minimum absolute atomic E-state index is 0.293. The van der Waals surface area contributed by atoms with E-state index in [0.29, 0.717) is 18.0 Å². The largest absolute Gasteiger partial charge is 0.357 e. The lowest BCUT2D eigenvalue weighted by molar-refractivity contribution is 0.346. The number of piperidine rings is 1. The van der Waals surface area contributed by atoms with E-state index in [-0.39, 0.29) is 0 Å². The van der Waals surface area contributed by atoms with E-state index in [9.17, 15) is 8.42 Å². The summed E-state index contributed by atoms with van der Waals surface area (Å²) in [5.41, 5.74) is 3.78. The summed E-state index contributed by atoms with van der Waals surface area (Å²) >= 11 is 0. The second-order valence-electron chi connectivity index (χ2n) is 7.62. The van der Waals surface area contributed by atoms with Crippen molar-refractivity contribution in [3.8, 4) is 0 Å². The van der Waals surface area contributed by atoms with Gasteiger partial charge in [-0.1, -0.05) is 24.6 Å².